The van der Waals surface area contributed by atoms with Crippen LogP contribution < -0.4 is 10.6 Å². The van der Waals surface area contributed by atoms with Gasteiger partial charge in [-0.15, -0.1) is 5.10 Å². The number of urea groups is 1. The Morgan fingerprint density at radius 1 is 1.00 bits per heavy atom. The van der Waals surface area contributed by atoms with Gasteiger partial charge in [0, 0.05) is 22.9 Å². The minimum Gasteiger partial charge on any atom is -0.465 e. The van der Waals surface area contributed by atoms with Gasteiger partial charge < -0.3 is 30.0 Å². The van der Waals surface area contributed by atoms with E-state index >= 15 is 0 Å². The highest BCUT2D eigenvalue weighted by molar-refractivity contribution is 7.99. The molecule has 1 aliphatic heterocycles. The molecule has 12 nitrogen and oxygen atoms in total. The summed E-state index contributed by atoms with van der Waals surface area (Å²) in [7, 11) is 0. The number of aromatic nitrogens is 4. The van der Waals surface area contributed by atoms with E-state index in [4.69, 9.17) is 14.2 Å². The molecule has 1 aromatic heterocycles. The van der Waals surface area contributed by atoms with Gasteiger partial charge in [-0.2, -0.15) is 4.68 Å². The lowest BCUT2D eigenvalue weighted by Gasteiger charge is -2.41. The molecule has 1 aliphatic rings. The fourth-order valence-corrected chi connectivity index (χ4v) is 5.78. The highest BCUT2D eigenvalue weighted by Gasteiger charge is 2.38. The van der Waals surface area contributed by atoms with Gasteiger partial charge in [0.1, 0.15) is 6.54 Å². The summed E-state index contributed by atoms with van der Waals surface area (Å²) in [5.74, 6) is 0.0344. The fraction of sp³-hybridized carbons (Fsp3) is 0.323. The molecular weight excluding hydrogens is 584 g/mol. The molecule has 4 atom stereocenters. The van der Waals surface area contributed by atoms with Crippen molar-refractivity contribution in [1.82, 2.24) is 25.5 Å². The van der Waals surface area contributed by atoms with Crippen molar-refractivity contribution in [3.63, 3.8) is 0 Å². The standard InChI is InChI=1S/C31H34N6O6S/c1-3-41-27(39)17-32-30(40)33-24-15-13-23(14-16-24)29-42-26(20(2)28(43-29)22-11-9-21(18-38)10-12-22)19-44-31-34-35-36-37(31)25-7-5-4-6-8-25/h4-16,20,26,28-29,38H,3,17-19H2,1-2H3,(H2,32,33,40)/t20-,26+,28+,29+/m0/s1. The number of rotatable bonds is 11. The third kappa shape index (κ3) is 7.80. The number of esters is 1. The number of aliphatic hydroxyl groups excluding tert-OH is 1. The maximum absolute atomic E-state index is 12.2. The number of nitrogens with one attached hydrogen (secondary N) is 2. The molecule has 0 saturated carbocycles. The Kier molecular flexibility index (Phi) is 10.6. The first kappa shape index (κ1) is 31.1. The Morgan fingerprint density at radius 2 is 1.73 bits per heavy atom. The molecule has 3 N–H and O–H groups in total. The van der Waals surface area contributed by atoms with Crippen LogP contribution in [0.5, 0.6) is 0 Å². The fourth-order valence-electron chi connectivity index (χ4n) is 4.73. The maximum atomic E-state index is 12.2. The molecule has 230 valence electrons. The second kappa shape index (κ2) is 14.9. The number of hydrogen-bond donors (Lipinski definition) is 3. The average Bonchev–Trinajstić information content (AvgIpc) is 3.53. The van der Waals surface area contributed by atoms with Crippen LogP contribution in [0.15, 0.2) is 84.0 Å². The summed E-state index contributed by atoms with van der Waals surface area (Å²) in [6.07, 6.45) is -1.20. The predicted octanol–water partition coefficient (Wildman–Crippen LogP) is 4.42. The van der Waals surface area contributed by atoms with Gasteiger partial charge in [0.25, 0.3) is 0 Å². The summed E-state index contributed by atoms with van der Waals surface area (Å²) in [5, 5.41) is 27.6. The van der Waals surface area contributed by atoms with Crippen LogP contribution in [0.4, 0.5) is 10.5 Å². The first-order valence-electron chi connectivity index (χ1n) is 14.2. The van der Waals surface area contributed by atoms with E-state index in [9.17, 15) is 14.7 Å². The number of carbonyl (C=O) groups excluding carboxylic acids is 2. The molecule has 4 aromatic rings. The van der Waals surface area contributed by atoms with E-state index in [1.807, 2.05) is 66.7 Å². The van der Waals surface area contributed by atoms with E-state index in [1.54, 1.807) is 23.7 Å². The Labute approximate surface area is 259 Å². The lowest BCUT2D eigenvalue weighted by molar-refractivity contribution is -0.268. The number of amides is 2. The van der Waals surface area contributed by atoms with Crippen molar-refractivity contribution in [1.29, 1.82) is 0 Å². The van der Waals surface area contributed by atoms with E-state index < -0.39 is 18.3 Å². The molecule has 5 rings (SSSR count). The normalized spacial score (nSPS) is 19.7. The van der Waals surface area contributed by atoms with Crippen molar-refractivity contribution < 1.29 is 28.9 Å². The second-order valence-electron chi connectivity index (χ2n) is 10.1. The van der Waals surface area contributed by atoms with Gasteiger partial charge in [-0.1, -0.05) is 73.3 Å². The molecule has 0 aliphatic carbocycles. The number of ether oxygens (including phenoxy) is 3. The number of tetrazole rings is 1. The summed E-state index contributed by atoms with van der Waals surface area (Å²) >= 11 is 1.50. The Morgan fingerprint density at radius 3 is 2.43 bits per heavy atom. The lowest BCUT2D eigenvalue weighted by Crippen LogP contribution is -2.38. The van der Waals surface area contributed by atoms with E-state index in [1.165, 1.54) is 11.8 Å². The molecule has 0 spiro atoms. The van der Waals surface area contributed by atoms with Gasteiger partial charge in [0.05, 0.1) is 31.1 Å². The van der Waals surface area contributed by atoms with Crippen molar-refractivity contribution in [3.8, 4) is 5.69 Å². The monoisotopic (exact) mass is 618 g/mol. The highest BCUT2D eigenvalue weighted by atomic mass is 32.2. The van der Waals surface area contributed by atoms with Gasteiger partial charge >= 0.3 is 12.0 Å². The second-order valence-corrected chi connectivity index (χ2v) is 11.1. The van der Waals surface area contributed by atoms with Crippen LogP contribution in [0.3, 0.4) is 0 Å². The van der Waals surface area contributed by atoms with Gasteiger partial charge in [0.15, 0.2) is 6.29 Å². The predicted molar refractivity (Wildman–Crippen MR) is 163 cm³/mol. The number of benzene rings is 3. The zero-order valence-electron chi connectivity index (χ0n) is 24.3. The van der Waals surface area contributed by atoms with Gasteiger partial charge in [0.2, 0.25) is 5.16 Å². The van der Waals surface area contributed by atoms with Crippen LogP contribution in [0.2, 0.25) is 0 Å². The molecule has 1 saturated heterocycles. The quantitative estimate of drug-likeness (QED) is 0.163. The average molecular weight is 619 g/mol. The SMILES string of the molecule is CCOC(=O)CNC(=O)Nc1ccc([C@@H]2O[C@H](CSc3nnnn3-c3ccccc3)[C@H](C)[C@H](c3ccc(CO)cc3)O2)cc1. The summed E-state index contributed by atoms with van der Waals surface area (Å²) in [6, 6.07) is 24.0. The van der Waals surface area contributed by atoms with Crippen LogP contribution in [0.1, 0.15) is 42.9 Å². The Hall–Kier alpha value is -4.30. The topological polar surface area (TPSA) is 150 Å². The molecule has 3 aromatic carbocycles. The summed E-state index contributed by atoms with van der Waals surface area (Å²) < 4.78 is 19.6. The van der Waals surface area contributed by atoms with Crippen molar-refractivity contribution >= 4 is 29.4 Å². The van der Waals surface area contributed by atoms with Crippen molar-refractivity contribution in [2.75, 3.05) is 24.2 Å². The Bertz CT molecular complexity index is 1520. The third-order valence-corrected chi connectivity index (χ3v) is 8.09. The number of carbonyl (C=O) groups is 2. The van der Waals surface area contributed by atoms with Crippen molar-refractivity contribution in [2.45, 2.75) is 44.1 Å². The minimum atomic E-state index is -0.684. The van der Waals surface area contributed by atoms with Gasteiger partial charge in [-0.05, 0) is 52.7 Å². The zero-order chi connectivity index (χ0) is 30.9. The van der Waals surface area contributed by atoms with E-state index in [-0.39, 0.29) is 37.9 Å². The van der Waals surface area contributed by atoms with Gasteiger partial charge in [-0.3, -0.25) is 4.79 Å². The number of thioether (sulfide) groups is 1. The number of anilines is 1. The first-order chi connectivity index (χ1) is 21.4. The number of para-hydroxylation sites is 1. The van der Waals surface area contributed by atoms with E-state index in [2.05, 4.69) is 33.1 Å². The molecule has 0 unspecified atom stereocenters. The van der Waals surface area contributed by atoms with E-state index in [0.717, 1.165) is 22.4 Å². The number of hydrogen-bond acceptors (Lipinski definition) is 10. The van der Waals surface area contributed by atoms with Crippen LogP contribution in [-0.2, 0) is 25.6 Å². The molecule has 13 heteroatoms. The Balaban J connectivity index is 1.31. The lowest BCUT2D eigenvalue weighted by atomic mass is 9.91. The van der Waals surface area contributed by atoms with Crippen molar-refractivity contribution in [2.24, 2.45) is 5.92 Å². The van der Waals surface area contributed by atoms with Crippen LogP contribution >= 0.6 is 11.8 Å². The van der Waals surface area contributed by atoms with E-state index in [0.29, 0.717) is 16.6 Å². The van der Waals surface area contributed by atoms with Crippen LogP contribution in [0, 0.1) is 5.92 Å². The van der Waals surface area contributed by atoms with Crippen LogP contribution in [-0.4, -0.2) is 62.3 Å². The summed E-state index contributed by atoms with van der Waals surface area (Å²) in [4.78, 5) is 23.7. The van der Waals surface area contributed by atoms with Crippen LogP contribution in [0.25, 0.3) is 5.69 Å². The van der Waals surface area contributed by atoms with Crippen molar-refractivity contribution in [3.05, 3.63) is 95.6 Å². The molecule has 0 radical (unpaired) electrons. The van der Waals surface area contributed by atoms with Gasteiger partial charge in [-0.25, -0.2) is 4.79 Å². The molecule has 2 heterocycles. The molecular formula is C31H34N6O6S. The summed E-state index contributed by atoms with van der Waals surface area (Å²) in [5.41, 5.74) is 3.97. The molecule has 1 fully saturated rings. The number of aliphatic hydroxyl groups is 1. The highest BCUT2D eigenvalue weighted by Crippen LogP contribution is 2.43. The maximum Gasteiger partial charge on any atom is 0.325 e. The summed E-state index contributed by atoms with van der Waals surface area (Å²) in [6.45, 7) is 3.77. The third-order valence-electron chi connectivity index (χ3n) is 7.08. The molecule has 44 heavy (non-hydrogen) atoms. The number of nitrogens with zero attached hydrogens (tertiary/aromatic N) is 4. The zero-order valence-corrected chi connectivity index (χ0v) is 25.1. The molecule has 0 bridgehead atoms. The molecule has 2 amide bonds. The largest absolute Gasteiger partial charge is 0.465 e. The minimum absolute atomic E-state index is 0.0242. The smallest absolute Gasteiger partial charge is 0.325 e. The first-order valence-corrected chi connectivity index (χ1v) is 15.2.